The van der Waals surface area contributed by atoms with E-state index in [1.807, 2.05) is 0 Å². The van der Waals surface area contributed by atoms with Crippen LogP contribution >= 0.6 is 0 Å². The van der Waals surface area contributed by atoms with Gasteiger partial charge < -0.3 is 5.11 Å². The molecular formula is C10H17FO. The maximum Gasteiger partial charge on any atom is 0.109 e. The van der Waals surface area contributed by atoms with E-state index in [0.29, 0.717) is 5.92 Å². The van der Waals surface area contributed by atoms with E-state index < -0.39 is 6.17 Å². The summed E-state index contributed by atoms with van der Waals surface area (Å²) in [6, 6.07) is 0. The highest BCUT2D eigenvalue weighted by Gasteiger charge is 2.54. The van der Waals surface area contributed by atoms with Crippen LogP contribution in [0.3, 0.4) is 0 Å². The molecule has 0 amide bonds. The Morgan fingerprint density at radius 3 is 2.33 bits per heavy atom. The molecule has 0 aliphatic heterocycles. The van der Waals surface area contributed by atoms with Gasteiger partial charge in [0.15, 0.2) is 0 Å². The normalized spacial score (nSPS) is 43.0. The number of hydrogen-bond acceptors (Lipinski definition) is 1. The van der Waals surface area contributed by atoms with E-state index in [2.05, 4.69) is 0 Å². The minimum absolute atomic E-state index is 0.00639. The third kappa shape index (κ3) is 1.37. The van der Waals surface area contributed by atoms with Gasteiger partial charge >= 0.3 is 0 Å². The minimum atomic E-state index is -0.682. The molecule has 0 saturated heterocycles. The molecule has 0 unspecified atom stereocenters. The molecule has 2 fully saturated rings. The lowest BCUT2D eigenvalue weighted by atomic mass is 9.85. The summed E-state index contributed by atoms with van der Waals surface area (Å²) in [6.07, 6.45) is 5.57. The molecule has 3 atom stereocenters. The number of aliphatic hydroxyl groups is 1. The first kappa shape index (κ1) is 8.49. The van der Waals surface area contributed by atoms with E-state index in [-0.39, 0.29) is 18.4 Å². The molecule has 2 aliphatic carbocycles. The SMILES string of the molecule is OC[C@H]1[C@H](F)[C@@H]1C1CCCCC1. The Kier molecular flexibility index (Phi) is 2.35. The van der Waals surface area contributed by atoms with E-state index >= 15 is 0 Å². The molecule has 2 rings (SSSR count). The first-order valence-corrected chi connectivity index (χ1v) is 5.09. The van der Waals surface area contributed by atoms with Gasteiger partial charge in [-0.25, -0.2) is 4.39 Å². The Labute approximate surface area is 73.0 Å². The van der Waals surface area contributed by atoms with Gasteiger partial charge in [0.05, 0.1) is 0 Å². The van der Waals surface area contributed by atoms with Gasteiger partial charge in [0.1, 0.15) is 6.17 Å². The van der Waals surface area contributed by atoms with Crippen molar-refractivity contribution in [1.29, 1.82) is 0 Å². The molecule has 2 aliphatic rings. The molecule has 0 aromatic carbocycles. The second kappa shape index (κ2) is 3.33. The average molecular weight is 172 g/mol. The van der Waals surface area contributed by atoms with Crippen molar-refractivity contribution in [1.82, 2.24) is 0 Å². The molecule has 2 heteroatoms. The van der Waals surface area contributed by atoms with Crippen LogP contribution in [-0.4, -0.2) is 17.9 Å². The Morgan fingerprint density at radius 1 is 1.17 bits per heavy atom. The van der Waals surface area contributed by atoms with E-state index in [0.717, 1.165) is 0 Å². The van der Waals surface area contributed by atoms with Gasteiger partial charge in [-0.1, -0.05) is 32.1 Å². The quantitative estimate of drug-likeness (QED) is 0.676. The Morgan fingerprint density at radius 2 is 1.83 bits per heavy atom. The highest BCUT2D eigenvalue weighted by atomic mass is 19.1. The van der Waals surface area contributed by atoms with Gasteiger partial charge in [-0.2, -0.15) is 0 Å². The molecule has 2 saturated carbocycles. The molecule has 70 valence electrons. The highest BCUT2D eigenvalue weighted by molar-refractivity contribution is 5.01. The smallest absolute Gasteiger partial charge is 0.109 e. The monoisotopic (exact) mass is 172 g/mol. The predicted molar refractivity (Wildman–Crippen MR) is 45.5 cm³/mol. The zero-order chi connectivity index (χ0) is 8.55. The second-order valence-electron chi connectivity index (χ2n) is 4.27. The lowest BCUT2D eigenvalue weighted by molar-refractivity contribution is 0.241. The number of alkyl halides is 1. The van der Waals surface area contributed by atoms with Crippen molar-refractivity contribution in [3.8, 4) is 0 Å². The zero-order valence-corrected chi connectivity index (χ0v) is 7.38. The maximum atomic E-state index is 13.1. The fraction of sp³-hybridized carbons (Fsp3) is 1.00. The maximum absolute atomic E-state index is 13.1. The van der Waals surface area contributed by atoms with Crippen molar-refractivity contribution < 1.29 is 9.50 Å². The van der Waals surface area contributed by atoms with Crippen LogP contribution in [0, 0.1) is 17.8 Å². The Bertz CT molecular complexity index is 154. The summed E-state index contributed by atoms with van der Waals surface area (Å²) in [5.41, 5.74) is 0. The molecule has 1 N–H and O–H groups in total. The number of halogens is 1. The Balaban J connectivity index is 1.85. The average Bonchev–Trinajstić information content (AvgIpc) is 2.78. The lowest BCUT2D eigenvalue weighted by Gasteiger charge is -2.21. The molecule has 0 aromatic heterocycles. The zero-order valence-electron chi connectivity index (χ0n) is 7.38. The van der Waals surface area contributed by atoms with Crippen molar-refractivity contribution in [3.63, 3.8) is 0 Å². The van der Waals surface area contributed by atoms with Gasteiger partial charge in [0, 0.05) is 18.4 Å². The summed E-state index contributed by atoms with van der Waals surface area (Å²) in [5.74, 6) is 0.800. The van der Waals surface area contributed by atoms with Gasteiger partial charge in [0.2, 0.25) is 0 Å². The van der Waals surface area contributed by atoms with Crippen molar-refractivity contribution in [3.05, 3.63) is 0 Å². The molecule has 0 bridgehead atoms. The largest absolute Gasteiger partial charge is 0.396 e. The molecule has 0 spiro atoms. The Hall–Kier alpha value is -0.110. The summed E-state index contributed by atoms with van der Waals surface area (Å²) in [6.45, 7) is 0.0579. The van der Waals surface area contributed by atoms with Crippen LogP contribution in [0.15, 0.2) is 0 Å². The van der Waals surface area contributed by atoms with Crippen molar-refractivity contribution in [2.24, 2.45) is 17.8 Å². The molecule has 0 heterocycles. The van der Waals surface area contributed by atoms with E-state index in [9.17, 15) is 4.39 Å². The fourth-order valence-electron chi connectivity index (χ4n) is 2.71. The van der Waals surface area contributed by atoms with Crippen molar-refractivity contribution in [2.75, 3.05) is 6.61 Å². The summed E-state index contributed by atoms with van der Waals surface area (Å²) < 4.78 is 13.1. The molecular weight excluding hydrogens is 155 g/mol. The van der Waals surface area contributed by atoms with Crippen LogP contribution in [0.1, 0.15) is 32.1 Å². The van der Waals surface area contributed by atoms with Gasteiger partial charge in [-0.15, -0.1) is 0 Å². The highest BCUT2D eigenvalue weighted by Crippen LogP contribution is 2.51. The number of hydrogen-bond donors (Lipinski definition) is 1. The van der Waals surface area contributed by atoms with Crippen LogP contribution < -0.4 is 0 Å². The number of rotatable bonds is 2. The third-order valence-electron chi connectivity index (χ3n) is 3.54. The van der Waals surface area contributed by atoms with Crippen LogP contribution in [0.25, 0.3) is 0 Å². The van der Waals surface area contributed by atoms with Gasteiger partial charge in [0.25, 0.3) is 0 Å². The predicted octanol–water partition coefficient (Wildman–Crippen LogP) is 2.14. The number of aliphatic hydroxyl groups excluding tert-OH is 1. The summed E-state index contributed by atoms with van der Waals surface area (Å²) in [5, 5.41) is 8.84. The first-order valence-electron chi connectivity index (χ1n) is 5.09. The first-order chi connectivity index (χ1) is 5.84. The van der Waals surface area contributed by atoms with Crippen LogP contribution in [0.4, 0.5) is 4.39 Å². The van der Waals surface area contributed by atoms with Crippen molar-refractivity contribution in [2.45, 2.75) is 38.3 Å². The summed E-state index contributed by atoms with van der Waals surface area (Å²) in [4.78, 5) is 0. The standard InChI is InChI=1S/C10H17FO/c11-10-8(6-12)9(10)7-4-2-1-3-5-7/h7-10,12H,1-6H2/t8-,9-,10+/m1/s1. The van der Waals surface area contributed by atoms with E-state index in [1.54, 1.807) is 0 Å². The van der Waals surface area contributed by atoms with Gasteiger partial charge in [-0.05, 0) is 5.92 Å². The molecule has 12 heavy (non-hydrogen) atoms. The molecule has 1 nitrogen and oxygen atoms in total. The fourth-order valence-corrected chi connectivity index (χ4v) is 2.71. The summed E-state index contributed by atoms with van der Waals surface area (Å²) >= 11 is 0. The van der Waals surface area contributed by atoms with E-state index in [4.69, 9.17) is 5.11 Å². The third-order valence-corrected chi connectivity index (χ3v) is 3.54. The van der Waals surface area contributed by atoms with Crippen LogP contribution in [-0.2, 0) is 0 Å². The molecule has 0 radical (unpaired) electrons. The van der Waals surface area contributed by atoms with Crippen molar-refractivity contribution >= 4 is 0 Å². The van der Waals surface area contributed by atoms with Crippen LogP contribution in [0.5, 0.6) is 0 Å². The second-order valence-corrected chi connectivity index (χ2v) is 4.27. The molecule has 0 aromatic rings. The van der Waals surface area contributed by atoms with Crippen LogP contribution in [0.2, 0.25) is 0 Å². The summed E-state index contributed by atoms with van der Waals surface area (Å²) in [7, 11) is 0. The topological polar surface area (TPSA) is 20.2 Å². The minimum Gasteiger partial charge on any atom is -0.396 e. The lowest BCUT2D eigenvalue weighted by Crippen LogP contribution is -2.10. The van der Waals surface area contributed by atoms with Gasteiger partial charge in [-0.3, -0.25) is 0 Å². The van der Waals surface area contributed by atoms with E-state index in [1.165, 1.54) is 32.1 Å².